The molecule has 0 fully saturated rings. The molecule has 0 saturated carbocycles. The number of hydrogen-bond donors (Lipinski definition) is 1. The van der Waals surface area contributed by atoms with Crippen LogP contribution in [0.2, 0.25) is 0 Å². The second kappa shape index (κ2) is 7.79. The number of fused-ring (bicyclic) bond motifs is 3. The maximum absolute atomic E-state index is 12.6. The van der Waals surface area contributed by atoms with Crippen LogP contribution in [0, 0.1) is 0 Å². The first kappa shape index (κ1) is 18.6. The van der Waals surface area contributed by atoms with Gasteiger partial charge in [0.15, 0.2) is 10.7 Å². The fourth-order valence-electron chi connectivity index (χ4n) is 3.64. The van der Waals surface area contributed by atoms with Crippen molar-refractivity contribution >= 4 is 27.9 Å². The summed E-state index contributed by atoms with van der Waals surface area (Å²) >= 11 is 1.60. The van der Waals surface area contributed by atoms with Crippen molar-refractivity contribution in [1.29, 1.82) is 0 Å². The molecule has 0 bridgehead atoms. The summed E-state index contributed by atoms with van der Waals surface area (Å²) in [6.07, 6.45) is 5.68. The van der Waals surface area contributed by atoms with Crippen molar-refractivity contribution in [2.45, 2.75) is 32.3 Å². The molecule has 0 unspecified atom stereocenters. The van der Waals surface area contributed by atoms with Gasteiger partial charge < -0.3 is 14.5 Å². The summed E-state index contributed by atoms with van der Waals surface area (Å²) in [6.45, 7) is 0.171. The van der Waals surface area contributed by atoms with E-state index in [1.54, 1.807) is 52.1 Å². The molecule has 0 aliphatic heterocycles. The van der Waals surface area contributed by atoms with E-state index in [2.05, 4.69) is 10.3 Å². The number of aromatic nitrogens is 2. The number of aryl methyl sites for hydroxylation is 2. The Morgan fingerprint density at radius 2 is 2.10 bits per heavy atom. The molecule has 3 heterocycles. The SMILES string of the molecule is O=C(Nc1cccc(OCc2cc(=O)n3c4c(sc3n2)CCCC4)c1)c1ccco1. The summed E-state index contributed by atoms with van der Waals surface area (Å²) in [5.41, 5.74) is 2.23. The van der Waals surface area contributed by atoms with Crippen LogP contribution in [0.5, 0.6) is 5.75 Å². The van der Waals surface area contributed by atoms with Gasteiger partial charge in [-0.1, -0.05) is 6.07 Å². The van der Waals surface area contributed by atoms with Crippen LogP contribution in [0.25, 0.3) is 4.96 Å². The molecule has 5 rings (SSSR count). The number of carbonyl (C=O) groups excluding carboxylic acids is 1. The van der Waals surface area contributed by atoms with Crippen molar-refractivity contribution in [2.75, 3.05) is 5.32 Å². The second-order valence-electron chi connectivity index (χ2n) is 7.13. The third-order valence-electron chi connectivity index (χ3n) is 5.04. The van der Waals surface area contributed by atoms with Gasteiger partial charge >= 0.3 is 0 Å². The second-order valence-corrected chi connectivity index (χ2v) is 8.19. The number of nitrogens with zero attached hydrogens (tertiary/aromatic N) is 2. The highest BCUT2D eigenvalue weighted by atomic mass is 32.1. The number of nitrogens with one attached hydrogen (secondary N) is 1. The molecule has 8 heteroatoms. The van der Waals surface area contributed by atoms with Crippen LogP contribution < -0.4 is 15.6 Å². The standard InChI is InChI=1S/C22H19N3O4S/c26-20-12-15(24-22-25(20)17-7-1-2-9-19(17)30-22)13-29-16-6-3-5-14(11-16)23-21(27)18-8-4-10-28-18/h3-6,8,10-12H,1-2,7,9,13H2,(H,23,27). The van der Waals surface area contributed by atoms with Crippen molar-refractivity contribution in [3.63, 3.8) is 0 Å². The Morgan fingerprint density at radius 3 is 2.97 bits per heavy atom. The Kier molecular flexibility index (Phi) is 4.84. The lowest BCUT2D eigenvalue weighted by molar-refractivity contribution is 0.0996. The summed E-state index contributed by atoms with van der Waals surface area (Å²) in [7, 11) is 0. The van der Waals surface area contributed by atoms with Crippen LogP contribution in [0.4, 0.5) is 5.69 Å². The lowest BCUT2D eigenvalue weighted by Crippen LogP contribution is -2.18. The normalized spacial score (nSPS) is 13.2. The molecule has 152 valence electrons. The average molecular weight is 421 g/mol. The number of hydrogen-bond acceptors (Lipinski definition) is 6. The Hall–Kier alpha value is -3.39. The number of rotatable bonds is 5. The van der Waals surface area contributed by atoms with Crippen molar-refractivity contribution in [3.05, 3.63) is 81.1 Å². The van der Waals surface area contributed by atoms with E-state index in [4.69, 9.17) is 9.15 Å². The Morgan fingerprint density at radius 1 is 1.20 bits per heavy atom. The predicted octanol–water partition coefficient (Wildman–Crippen LogP) is 4.06. The first-order chi connectivity index (χ1) is 14.7. The third kappa shape index (κ3) is 3.61. The number of ether oxygens (including phenoxy) is 1. The molecule has 0 radical (unpaired) electrons. The molecule has 1 N–H and O–H groups in total. The van der Waals surface area contributed by atoms with Gasteiger partial charge in [0.1, 0.15) is 12.4 Å². The first-order valence-electron chi connectivity index (χ1n) is 9.78. The summed E-state index contributed by atoms with van der Waals surface area (Å²) < 4.78 is 12.7. The Balaban J connectivity index is 1.32. The molecule has 3 aromatic heterocycles. The van der Waals surface area contributed by atoms with Crippen molar-refractivity contribution in [1.82, 2.24) is 9.38 Å². The van der Waals surface area contributed by atoms with Gasteiger partial charge in [0.25, 0.3) is 11.5 Å². The number of benzene rings is 1. The van der Waals surface area contributed by atoms with Crippen LogP contribution in [0.3, 0.4) is 0 Å². The topological polar surface area (TPSA) is 85.8 Å². The van der Waals surface area contributed by atoms with E-state index in [0.29, 0.717) is 17.1 Å². The van der Waals surface area contributed by atoms with E-state index in [-0.39, 0.29) is 23.8 Å². The maximum atomic E-state index is 12.6. The van der Waals surface area contributed by atoms with Gasteiger partial charge in [-0.05, 0) is 49.9 Å². The van der Waals surface area contributed by atoms with Crippen molar-refractivity contribution < 1.29 is 13.9 Å². The zero-order valence-corrected chi connectivity index (χ0v) is 16.9. The van der Waals surface area contributed by atoms with E-state index < -0.39 is 0 Å². The fourth-order valence-corrected chi connectivity index (χ4v) is 4.87. The van der Waals surface area contributed by atoms with Crippen LogP contribution in [-0.4, -0.2) is 15.3 Å². The molecule has 0 saturated heterocycles. The van der Waals surface area contributed by atoms with Gasteiger partial charge in [-0.25, -0.2) is 4.98 Å². The summed E-state index contributed by atoms with van der Waals surface area (Å²) in [4.78, 5) is 31.4. The number of furan rings is 1. The quantitative estimate of drug-likeness (QED) is 0.525. The third-order valence-corrected chi connectivity index (χ3v) is 6.18. The van der Waals surface area contributed by atoms with Crippen LogP contribution in [0.1, 0.15) is 39.7 Å². The molecule has 1 aromatic carbocycles. The van der Waals surface area contributed by atoms with Crippen LogP contribution in [-0.2, 0) is 19.4 Å². The minimum absolute atomic E-state index is 0.0579. The molecule has 0 atom stereocenters. The minimum Gasteiger partial charge on any atom is -0.487 e. The van der Waals surface area contributed by atoms with Crippen LogP contribution in [0.15, 0.2) is 57.9 Å². The molecule has 1 aliphatic carbocycles. The summed E-state index contributed by atoms with van der Waals surface area (Å²) in [5.74, 6) is 0.469. The molecular weight excluding hydrogens is 402 g/mol. The highest BCUT2D eigenvalue weighted by molar-refractivity contribution is 7.17. The largest absolute Gasteiger partial charge is 0.487 e. The van der Waals surface area contributed by atoms with Gasteiger partial charge in [0.2, 0.25) is 0 Å². The van der Waals surface area contributed by atoms with Crippen molar-refractivity contribution in [3.8, 4) is 5.75 Å². The monoisotopic (exact) mass is 421 g/mol. The maximum Gasteiger partial charge on any atom is 0.291 e. The molecule has 30 heavy (non-hydrogen) atoms. The van der Waals surface area contributed by atoms with E-state index >= 15 is 0 Å². The number of thiazole rings is 1. The van der Waals surface area contributed by atoms with Crippen LogP contribution >= 0.6 is 11.3 Å². The first-order valence-corrected chi connectivity index (χ1v) is 10.6. The molecule has 4 aromatic rings. The van der Waals surface area contributed by atoms with E-state index in [1.165, 1.54) is 17.2 Å². The van der Waals surface area contributed by atoms with Crippen molar-refractivity contribution in [2.24, 2.45) is 0 Å². The fraction of sp³-hybridized carbons (Fsp3) is 0.227. The predicted molar refractivity (Wildman–Crippen MR) is 113 cm³/mol. The van der Waals surface area contributed by atoms with Gasteiger partial charge in [0, 0.05) is 28.4 Å². The number of anilines is 1. The molecule has 7 nitrogen and oxygen atoms in total. The highest BCUT2D eigenvalue weighted by Crippen LogP contribution is 2.28. The lowest BCUT2D eigenvalue weighted by atomic mass is 10.0. The lowest BCUT2D eigenvalue weighted by Gasteiger charge is -2.10. The summed E-state index contributed by atoms with van der Waals surface area (Å²) in [6, 6.07) is 11.8. The molecule has 0 spiro atoms. The highest BCUT2D eigenvalue weighted by Gasteiger charge is 2.18. The smallest absolute Gasteiger partial charge is 0.291 e. The van der Waals surface area contributed by atoms with E-state index in [1.807, 2.05) is 0 Å². The van der Waals surface area contributed by atoms with E-state index in [9.17, 15) is 9.59 Å². The molecule has 1 aliphatic rings. The Bertz CT molecular complexity index is 1270. The van der Waals surface area contributed by atoms with E-state index in [0.717, 1.165) is 36.3 Å². The van der Waals surface area contributed by atoms with Gasteiger partial charge in [-0.15, -0.1) is 11.3 Å². The van der Waals surface area contributed by atoms with Gasteiger partial charge in [-0.2, -0.15) is 0 Å². The molecular formula is C22H19N3O4S. The van der Waals surface area contributed by atoms with Gasteiger partial charge in [0.05, 0.1) is 12.0 Å². The minimum atomic E-state index is -0.334. The van der Waals surface area contributed by atoms with Gasteiger partial charge in [-0.3, -0.25) is 14.0 Å². The number of carbonyl (C=O) groups is 1. The zero-order chi connectivity index (χ0) is 20.5. The average Bonchev–Trinajstić information content (AvgIpc) is 3.40. The zero-order valence-electron chi connectivity index (χ0n) is 16.1. The molecule has 1 amide bonds. The number of amides is 1. The Labute approximate surface area is 175 Å². The summed E-state index contributed by atoms with van der Waals surface area (Å²) in [5, 5.41) is 2.76.